The lowest BCUT2D eigenvalue weighted by molar-refractivity contribution is -0.134. The fourth-order valence-corrected chi connectivity index (χ4v) is 0.557. The van der Waals surface area contributed by atoms with E-state index in [9.17, 15) is 0 Å². The first-order chi connectivity index (χ1) is 5.66. The molecule has 74 valence electrons. The minimum atomic E-state index is -0.833. The van der Waals surface area contributed by atoms with Gasteiger partial charge in [0.05, 0.1) is 7.11 Å². The first kappa shape index (κ1) is 14.0. The van der Waals surface area contributed by atoms with Crippen LogP contribution in [-0.2, 0) is 4.79 Å². The van der Waals surface area contributed by atoms with E-state index in [1.165, 1.54) is 0 Å². The van der Waals surface area contributed by atoms with Crippen molar-refractivity contribution in [2.45, 2.75) is 6.92 Å². The zero-order valence-electron chi connectivity index (χ0n) is 7.65. The van der Waals surface area contributed by atoms with E-state index < -0.39 is 5.97 Å². The van der Waals surface area contributed by atoms with E-state index in [1.807, 2.05) is 30.3 Å². The Morgan fingerprint density at radius 1 is 1.31 bits per heavy atom. The molecule has 0 aliphatic heterocycles. The lowest BCUT2D eigenvalue weighted by Crippen LogP contribution is -1.78. The number of aliphatic carboxylic acids is 1. The highest BCUT2D eigenvalue weighted by atomic mass is 16.5. The van der Waals surface area contributed by atoms with Gasteiger partial charge >= 0.3 is 0 Å². The normalized spacial score (nSPS) is 7.23. The summed E-state index contributed by atoms with van der Waals surface area (Å²) < 4.78 is 4.91. The standard InChI is InChI=1S/C7H8O.C2H4O2.H2O/c1-8-7-5-3-2-4-6-7;1-2(3)4;/h2-6H,1H3;1H3,(H,3,4);1H2. The van der Waals surface area contributed by atoms with Crippen LogP contribution in [0.25, 0.3) is 0 Å². The molecule has 4 nitrogen and oxygen atoms in total. The summed E-state index contributed by atoms with van der Waals surface area (Å²) in [6.07, 6.45) is 0. The molecule has 0 saturated heterocycles. The maximum Gasteiger partial charge on any atom is 0.300 e. The molecule has 0 fully saturated rings. The summed E-state index contributed by atoms with van der Waals surface area (Å²) in [5, 5.41) is 7.42. The van der Waals surface area contributed by atoms with Crippen molar-refractivity contribution in [3.8, 4) is 5.75 Å². The predicted octanol–water partition coefficient (Wildman–Crippen LogP) is 0.961. The molecule has 0 radical (unpaired) electrons. The van der Waals surface area contributed by atoms with Crippen molar-refractivity contribution in [2.24, 2.45) is 0 Å². The highest BCUT2D eigenvalue weighted by Gasteiger charge is 1.80. The van der Waals surface area contributed by atoms with E-state index in [0.717, 1.165) is 12.7 Å². The maximum absolute atomic E-state index is 9.00. The monoisotopic (exact) mass is 186 g/mol. The second-order valence-corrected chi connectivity index (χ2v) is 2.04. The van der Waals surface area contributed by atoms with Gasteiger partial charge in [0.2, 0.25) is 0 Å². The number of ether oxygens (including phenoxy) is 1. The van der Waals surface area contributed by atoms with Crippen LogP contribution in [0, 0.1) is 0 Å². The number of carbonyl (C=O) groups is 1. The van der Waals surface area contributed by atoms with Gasteiger partial charge in [-0.3, -0.25) is 4.79 Å². The number of hydrogen-bond donors (Lipinski definition) is 1. The summed E-state index contributed by atoms with van der Waals surface area (Å²) >= 11 is 0. The van der Waals surface area contributed by atoms with Gasteiger partial charge in [-0.05, 0) is 12.1 Å². The number of benzene rings is 1. The fourth-order valence-electron chi connectivity index (χ4n) is 0.557. The van der Waals surface area contributed by atoms with Crippen LogP contribution in [0.1, 0.15) is 6.92 Å². The van der Waals surface area contributed by atoms with E-state index in [0.29, 0.717) is 0 Å². The number of para-hydroxylation sites is 1. The first-order valence-corrected chi connectivity index (χ1v) is 3.45. The molecule has 0 atom stereocenters. The Morgan fingerprint density at radius 3 is 1.92 bits per heavy atom. The number of rotatable bonds is 1. The van der Waals surface area contributed by atoms with Gasteiger partial charge in [-0.2, -0.15) is 0 Å². The lowest BCUT2D eigenvalue weighted by Gasteiger charge is -1.93. The third-order valence-electron chi connectivity index (χ3n) is 0.979. The second kappa shape index (κ2) is 8.55. The van der Waals surface area contributed by atoms with Crippen LogP contribution in [0.15, 0.2) is 30.3 Å². The second-order valence-electron chi connectivity index (χ2n) is 2.04. The molecule has 0 aliphatic rings. The summed E-state index contributed by atoms with van der Waals surface area (Å²) in [5.41, 5.74) is 0. The topological polar surface area (TPSA) is 78.0 Å². The average Bonchev–Trinajstić information content (AvgIpc) is 2.05. The van der Waals surface area contributed by atoms with E-state index in [1.54, 1.807) is 7.11 Å². The molecule has 0 amide bonds. The summed E-state index contributed by atoms with van der Waals surface area (Å²) in [6, 6.07) is 9.68. The van der Waals surface area contributed by atoms with Crippen LogP contribution in [0.4, 0.5) is 0 Å². The molecular weight excluding hydrogens is 172 g/mol. The molecule has 0 unspecified atom stereocenters. The van der Waals surface area contributed by atoms with Crippen LogP contribution in [0.3, 0.4) is 0 Å². The third kappa shape index (κ3) is 10.4. The molecule has 4 heteroatoms. The van der Waals surface area contributed by atoms with Crippen LogP contribution < -0.4 is 4.74 Å². The van der Waals surface area contributed by atoms with Gasteiger partial charge in [0, 0.05) is 6.92 Å². The van der Waals surface area contributed by atoms with Crippen molar-refractivity contribution in [1.82, 2.24) is 0 Å². The summed E-state index contributed by atoms with van der Waals surface area (Å²) in [6.45, 7) is 1.08. The van der Waals surface area contributed by atoms with Gasteiger partial charge in [0.1, 0.15) is 5.75 Å². The van der Waals surface area contributed by atoms with Crippen molar-refractivity contribution in [3.05, 3.63) is 30.3 Å². The van der Waals surface area contributed by atoms with E-state index in [4.69, 9.17) is 14.6 Å². The quantitative estimate of drug-likeness (QED) is 0.709. The predicted molar refractivity (Wildman–Crippen MR) is 49.9 cm³/mol. The minimum absolute atomic E-state index is 0. The Morgan fingerprint density at radius 2 is 1.69 bits per heavy atom. The Hall–Kier alpha value is -1.55. The van der Waals surface area contributed by atoms with Crippen molar-refractivity contribution in [1.29, 1.82) is 0 Å². The molecule has 0 bridgehead atoms. The summed E-state index contributed by atoms with van der Waals surface area (Å²) in [7, 11) is 1.66. The Labute approximate surface area is 77.1 Å². The molecule has 0 heterocycles. The van der Waals surface area contributed by atoms with Gasteiger partial charge in [-0.25, -0.2) is 0 Å². The van der Waals surface area contributed by atoms with E-state index in [-0.39, 0.29) is 5.48 Å². The molecule has 0 spiro atoms. The van der Waals surface area contributed by atoms with Crippen LogP contribution in [0.2, 0.25) is 0 Å². The van der Waals surface area contributed by atoms with Crippen molar-refractivity contribution >= 4 is 5.97 Å². The van der Waals surface area contributed by atoms with Gasteiger partial charge < -0.3 is 15.3 Å². The number of carboxylic acids is 1. The third-order valence-corrected chi connectivity index (χ3v) is 0.979. The Balaban J connectivity index is 0. The molecule has 1 rings (SSSR count). The van der Waals surface area contributed by atoms with Gasteiger partial charge in [0.25, 0.3) is 5.97 Å². The van der Waals surface area contributed by atoms with E-state index >= 15 is 0 Å². The molecule has 0 aliphatic carbocycles. The molecule has 0 aromatic heterocycles. The Kier molecular flexibility index (Phi) is 9.20. The van der Waals surface area contributed by atoms with Crippen molar-refractivity contribution in [3.63, 3.8) is 0 Å². The van der Waals surface area contributed by atoms with E-state index in [2.05, 4.69) is 0 Å². The maximum atomic E-state index is 9.00. The number of methoxy groups -OCH3 is 1. The highest BCUT2D eigenvalue weighted by Crippen LogP contribution is 2.05. The summed E-state index contributed by atoms with van der Waals surface area (Å²) in [4.78, 5) is 9.00. The van der Waals surface area contributed by atoms with Gasteiger partial charge in [-0.1, -0.05) is 18.2 Å². The van der Waals surface area contributed by atoms with Crippen LogP contribution in [0.5, 0.6) is 5.75 Å². The minimum Gasteiger partial charge on any atom is -0.497 e. The zero-order valence-corrected chi connectivity index (χ0v) is 7.65. The van der Waals surface area contributed by atoms with Gasteiger partial charge in [-0.15, -0.1) is 0 Å². The molecule has 1 aromatic carbocycles. The smallest absolute Gasteiger partial charge is 0.300 e. The highest BCUT2D eigenvalue weighted by molar-refractivity contribution is 5.62. The van der Waals surface area contributed by atoms with Gasteiger partial charge in [0.15, 0.2) is 0 Å². The molecule has 3 N–H and O–H groups in total. The largest absolute Gasteiger partial charge is 0.497 e. The molecule has 0 saturated carbocycles. The van der Waals surface area contributed by atoms with Crippen LogP contribution >= 0.6 is 0 Å². The number of hydrogen-bond acceptors (Lipinski definition) is 2. The lowest BCUT2D eigenvalue weighted by atomic mass is 10.3. The van der Waals surface area contributed by atoms with Crippen molar-refractivity contribution in [2.75, 3.05) is 7.11 Å². The van der Waals surface area contributed by atoms with Crippen LogP contribution in [-0.4, -0.2) is 23.7 Å². The molecular formula is C9H14O4. The zero-order chi connectivity index (χ0) is 9.40. The molecule has 13 heavy (non-hydrogen) atoms. The Bertz CT molecular complexity index is 216. The number of carboxylic acid groups (broad SMARTS) is 1. The first-order valence-electron chi connectivity index (χ1n) is 3.45. The SMILES string of the molecule is CC(=O)O.COc1ccccc1.O. The summed E-state index contributed by atoms with van der Waals surface area (Å²) in [5.74, 6) is 0.0764. The molecule has 1 aromatic rings. The van der Waals surface area contributed by atoms with Crippen molar-refractivity contribution < 1.29 is 20.1 Å². The average molecular weight is 186 g/mol. The fraction of sp³-hybridized carbons (Fsp3) is 0.222.